The van der Waals surface area contributed by atoms with Gasteiger partial charge in [-0.3, -0.25) is 9.59 Å². The van der Waals surface area contributed by atoms with Gasteiger partial charge in [-0.15, -0.1) is 0 Å². The van der Waals surface area contributed by atoms with Crippen molar-refractivity contribution < 1.29 is 19.4 Å². The summed E-state index contributed by atoms with van der Waals surface area (Å²) >= 11 is 0. The molecule has 1 heterocycles. The molecule has 0 saturated carbocycles. The van der Waals surface area contributed by atoms with E-state index in [-0.39, 0.29) is 12.3 Å². The van der Waals surface area contributed by atoms with Crippen molar-refractivity contribution >= 4 is 11.9 Å². The van der Waals surface area contributed by atoms with E-state index in [0.717, 1.165) is 0 Å². The van der Waals surface area contributed by atoms with Gasteiger partial charge in [0, 0.05) is 19.5 Å². The van der Waals surface area contributed by atoms with Crippen molar-refractivity contribution in [3.8, 4) is 0 Å². The number of carboxylic acids is 1. The normalized spacial score (nSPS) is 18.6. The monoisotopic (exact) mass is 215 g/mol. The zero-order chi connectivity index (χ0) is 11.3. The lowest BCUT2D eigenvalue weighted by Gasteiger charge is -2.27. The molecule has 0 aliphatic carbocycles. The molecule has 1 aliphatic rings. The first kappa shape index (κ1) is 12.0. The Morgan fingerprint density at radius 1 is 1.40 bits per heavy atom. The highest BCUT2D eigenvalue weighted by atomic mass is 16.5. The maximum Gasteiger partial charge on any atom is 0.307 e. The van der Waals surface area contributed by atoms with Crippen molar-refractivity contribution in [2.45, 2.75) is 19.8 Å². The standard InChI is InChI=1S/C10H17NO4/c1-2-8(10(13)14)7-9(12)11-3-5-15-6-4-11/h8H,2-7H2,1H3,(H,13,14)/t8-/m1/s1. The Kier molecular flexibility index (Phi) is 4.55. The number of amides is 1. The molecule has 0 aromatic heterocycles. The summed E-state index contributed by atoms with van der Waals surface area (Å²) in [7, 11) is 0. The fourth-order valence-electron chi connectivity index (χ4n) is 1.56. The topological polar surface area (TPSA) is 66.8 Å². The Morgan fingerprint density at radius 2 is 2.00 bits per heavy atom. The van der Waals surface area contributed by atoms with Gasteiger partial charge in [-0.25, -0.2) is 0 Å². The van der Waals surface area contributed by atoms with Crippen LogP contribution in [0.4, 0.5) is 0 Å². The molecule has 5 nitrogen and oxygen atoms in total. The molecule has 1 rings (SSSR count). The lowest BCUT2D eigenvalue weighted by Crippen LogP contribution is -2.41. The molecular formula is C10H17NO4. The minimum absolute atomic E-state index is 0.0763. The molecule has 1 N–H and O–H groups in total. The SMILES string of the molecule is CC[C@H](CC(=O)N1CCOCC1)C(=O)O. The van der Waals surface area contributed by atoms with Crippen LogP contribution in [-0.2, 0) is 14.3 Å². The molecule has 0 aromatic rings. The highest BCUT2D eigenvalue weighted by Crippen LogP contribution is 2.11. The molecule has 1 atom stereocenters. The number of hydrogen-bond acceptors (Lipinski definition) is 3. The Bertz CT molecular complexity index is 236. The van der Waals surface area contributed by atoms with Crippen molar-refractivity contribution in [1.29, 1.82) is 0 Å². The average molecular weight is 215 g/mol. The van der Waals surface area contributed by atoms with Crippen molar-refractivity contribution in [1.82, 2.24) is 4.90 Å². The molecule has 0 radical (unpaired) electrons. The van der Waals surface area contributed by atoms with E-state index in [2.05, 4.69) is 0 Å². The van der Waals surface area contributed by atoms with Crippen LogP contribution in [-0.4, -0.2) is 48.2 Å². The summed E-state index contributed by atoms with van der Waals surface area (Å²) in [6, 6.07) is 0. The number of carbonyl (C=O) groups is 2. The first-order valence-corrected chi connectivity index (χ1v) is 5.23. The third kappa shape index (κ3) is 3.51. The molecule has 0 bridgehead atoms. The van der Waals surface area contributed by atoms with Gasteiger partial charge < -0.3 is 14.7 Å². The summed E-state index contributed by atoms with van der Waals surface area (Å²) in [5.74, 6) is -1.52. The molecule has 1 amide bonds. The van der Waals surface area contributed by atoms with Crippen molar-refractivity contribution in [3.63, 3.8) is 0 Å². The first-order chi connectivity index (χ1) is 7.15. The molecule has 1 saturated heterocycles. The van der Waals surface area contributed by atoms with Crippen LogP contribution in [0.1, 0.15) is 19.8 Å². The van der Waals surface area contributed by atoms with Crippen LogP contribution in [0.2, 0.25) is 0 Å². The predicted octanol–water partition coefficient (Wildman–Crippen LogP) is 0.346. The molecule has 0 aromatic carbocycles. The third-order valence-corrected chi connectivity index (χ3v) is 2.63. The second kappa shape index (κ2) is 5.70. The van der Waals surface area contributed by atoms with E-state index in [1.165, 1.54) is 0 Å². The second-order valence-corrected chi connectivity index (χ2v) is 3.64. The van der Waals surface area contributed by atoms with E-state index >= 15 is 0 Å². The third-order valence-electron chi connectivity index (χ3n) is 2.63. The van der Waals surface area contributed by atoms with E-state index in [1.54, 1.807) is 11.8 Å². The summed E-state index contributed by atoms with van der Waals surface area (Å²) in [6.07, 6.45) is 0.594. The van der Waals surface area contributed by atoms with Crippen molar-refractivity contribution in [2.24, 2.45) is 5.92 Å². The fourth-order valence-corrected chi connectivity index (χ4v) is 1.56. The van der Waals surface area contributed by atoms with Gasteiger partial charge in [0.25, 0.3) is 0 Å². The Hall–Kier alpha value is -1.10. The minimum Gasteiger partial charge on any atom is -0.481 e. The lowest BCUT2D eigenvalue weighted by molar-refractivity contribution is -0.147. The summed E-state index contributed by atoms with van der Waals surface area (Å²) in [5, 5.41) is 8.83. The molecule has 5 heteroatoms. The quantitative estimate of drug-likeness (QED) is 0.734. The number of carboxylic acid groups (broad SMARTS) is 1. The molecule has 0 unspecified atom stereocenters. The highest BCUT2D eigenvalue weighted by Gasteiger charge is 2.23. The Balaban J connectivity index is 2.42. The van der Waals surface area contributed by atoms with Crippen LogP contribution in [0.3, 0.4) is 0 Å². The number of hydrogen-bond donors (Lipinski definition) is 1. The van der Waals surface area contributed by atoms with E-state index in [9.17, 15) is 9.59 Å². The van der Waals surface area contributed by atoms with Gasteiger partial charge in [0.1, 0.15) is 0 Å². The molecule has 86 valence electrons. The smallest absolute Gasteiger partial charge is 0.307 e. The van der Waals surface area contributed by atoms with Gasteiger partial charge in [0.05, 0.1) is 19.1 Å². The van der Waals surface area contributed by atoms with Crippen LogP contribution in [0.5, 0.6) is 0 Å². The lowest BCUT2D eigenvalue weighted by atomic mass is 10.0. The van der Waals surface area contributed by atoms with E-state index in [0.29, 0.717) is 32.7 Å². The van der Waals surface area contributed by atoms with Gasteiger partial charge in [0.15, 0.2) is 0 Å². The number of aliphatic carboxylic acids is 1. The van der Waals surface area contributed by atoms with Crippen LogP contribution < -0.4 is 0 Å². The Morgan fingerprint density at radius 3 is 2.47 bits per heavy atom. The van der Waals surface area contributed by atoms with E-state index in [1.807, 2.05) is 0 Å². The summed E-state index contributed by atoms with van der Waals surface area (Å²) in [4.78, 5) is 24.1. The number of nitrogens with zero attached hydrogens (tertiary/aromatic N) is 1. The summed E-state index contributed by atoms with van der Waals surface area (Å²) in [6.45, 7) is 4.04. The fraction of sp³-hybridized carbons (Fsp3) is 0.800. The van der Waals surface area contributed by atoms with Gasteiger partial charge >= 0.3 is 5.97 Å². The zero-order valence-electron chi connectivity index (χ0n) is 8.94. The molecule has 1 aliphatic heterocycles. The number of rotatable bonds is 4. The largest absolute Gasteiger partial charge is 0.481 e. The maximum atomic E-state index is 11.7. The minimum atomic E-state index is -0.890. The van der Waals surface area contributed by atoms with Crippen molar-refractivity contribution in [2.75, 3.05) is 26.3 Å². The second-order valence-electron chi connectivity index (χ2n) is 3.64. The Labute approximate surface area is 89.0 Å². The number of ether oxygens (including phenoxy) is 1. The first-order valence-electron chi connectivity index (χ1n) is 5.23. The molecule has 1 fully saturated rings. The number of morpholine rings is 1. The summed E-state index contributed by atoms with van der Waals surface area (Å²) in [5.41, 5.74) is 0. The van der Waals surface area contributed by atoms with E-state index in [4.69, 9.17) is 9.84 Å². The average Bonchev–Trinajstić information content (AvgIpc) is 2.26. The van der Waals surface area contributed by atoms with Crippen LogP contribution in [0.15, 0.2) is 0 Å². The van der Waals surface area contributed by atoms with Gasteiger partial charge in [-0.05, 0) is 6.42 Å². The number of carbonyl (C=O) groups excluding carboxylic acids is 1. The highest BCUT2D eigenvalue weighted by molar-refractivity contribution is 5.82. The molecule has 15 heavy (non-hydrogen) atoms. The van der Waals surface area contributed by atoms with Gasteiger partial charge in [0.2, 0.25) is 5.91 Å². The van der Waals surface area contributed by atoms with Crippen LogP contribution >= 0.6 is 0 Å². The molecular weight excluding hydrogens is 198 g/mol. The predicted molar refractivity (Wildman–Crippen MR) is 53.4 cm³/mol. The maximum absolute atomic E-state index is 11.7. The van der Waals surface area contributed by atoms with E-state index < -0.39 is 11.9 Å². The van der Waals surface area contributed by atoms with Gasteiger partial charge in [-0.2, -0.15) is 0 Å². The molecule has 0 spiro atoms. The van der Waals surface area contributed by atoms with Crippen molar-refractivity contribution in [3.05, 3.63) is 0 Å². The van der Waals surface area contributed by atoms with Gasteiger partial charge in [-0.1, -0.05) is 6.92 Å². The zero-order valence-corrected chi connectivity index (χ0v) is 8.94. The van der Waals surface area contributed by atoms with Crippen LogP contribution in [0, 0.1) is 5.92 Å². The van der Waals surface area contributed by atoms with Crippen LogP contribution in [0.25, 0.3) is 0 Å². The summed E-state index contributed by atoms with van der Waals surface area (Å²) < 4.78 is 5.12.